The zero-order valence-electron chi connectivity index (χ0n) is 16.1. The smallest absolute Gasteiger partial charge is 0.461 e. The number of benzene rings is 2. The number of alkyl halides is 3. The van der Waals surface area contributed by atoms with Gasteiger partial charge in [-0.15, -0.1) is 13.2 Å². The summed E-state index contributed by atoms with van der Waals surface area (Å²) >= 11 is 0. The second-order valence-electron chi connectivity index (χ2n) is 6.52. The number of hydrogen-bond donors (Lipinski definition) is 1. The molecule has 2 aromatic carbocycles. The summed E-state index contributed by atoms with van der Waals surface area (Å²) in [6.07, 6.45) is -5.83. The van der Waals surface area contributed by atoms with Crippen LogP contribution in [0.5, 0.6) is 17.2 Å². The van der Waals surface area contributed by atoms with E-state index in [1.165, 1.54) is 31.4 Å². The van der Waals surface area contributed by atoms with Crippen molar-refractivity contribution >= 4 is 26.9 Å². The van der Waals surface area contributed by atoms with E-state index in [9.17, 15) is 26.4 Å². The Morgan fingerprint density at radius 2 is 1.73 bits per heavy atom. The molecule has 8 nitrogen and oxygen atoms in total. The normalized spacial score (nSPS) is 13.3. The minimum absolute atomic E-state index is 0.0845. The molecule has 0 aliphatic heterocycles. The second kappa shape index (κ2) is 9.06. The fraction of sp³-hybridized carbons (Fsp3) is 0.389. The van der Waals surface area contributed by atoms with E-state index in [-0.39, 0.29) is 17.4 Å². The first-order chi connectivity index (χ1) is 13.8. The largest absolute Gasteiger partial charge is 0.573 e. The highest BCUT2D eigenvalue weighted by Gasteiger charge is 2.33. The van der Waals surface area contributed by atoms with E-state index in [1.54, 1.807) is 13.8 Å². The molecule has 166 valence electrons. The average molecular weight is 452 g/mol. The summed E-state index contributed by atoms with van der Waals surface area (Å²) < 4.78 is 88.1. The van der Waals surface area contributed by atoms with Crippen LogP contribution in [0.4, 0.5) is 13.2 Å². The first-order valence-corrected chi connectivity index (χ1v) is 10.1. The van der Waals surface area contributed by atoms with Crippen molar-refractivity contribution < 1.29 is 49.9 Å². The molecule has 1 N–H and O–H groups in total. The fourth-order valence-electron chi connectivity index (χ4n) is 2.49. The number of rotatable bonds is 8. The number of carbonyl (C=O) groups excluding carboxylic acids is 1. The number of methoxy groups -OCH3 is 1. The minimum atomic E-state index is -4.96. The summed E-state index contributed by atoms with van der Waals surface area (Å²) in [6, 6.07) is 6.21. The fourth-order valence-corrected chi connectivity index (χ4v) is 2.84. The van der Waals surface area contributed by atoms with Crippen molar-refractivity contribution in [2.45, 2.75) is 26.5 Å². The predicted molar refractivity (Wildman–Crippen MR) is 98.9 cm³/mol. The van der Waals surface area contributed by atoms with Crippen LogP contribution in [0.3, 0.4) is 0 Å². The lowest BCUT2D eigenvalue weighted by atomic mass is 10.1. The molecule has 0 spiro atoms. The van der Waals surface area contributed by atoms with E-state index in [2.05, 4.69) is 4.74 Å². The van der Waals surface area contributed by atoms with E-state index >= 15 is 0 Å². The van der Waals surface area contributed by atoms with E-state index in [0.29, 0.717) is 10.8 Å². The van der Waals surface area contributed by atoms with Crippen LogP contribution in [0.15, 0.2) is 30.3 Å². The number of carbonyl (C=O) groups is 1. The Kier molecular flexibility index (Phi) is 7.16. The van der Waals surface area contributed by atoms with Gasteiger partial charge in [-0.05, 0) is 35.0 Å². The van der Waals surface area contributed by atoms with Gasteiger partial charge in [0.1, 0.15) is 5.75 Å². The molecule has 0 heterocycles. The second-order valence-corrected chi connectivity index (χ2v) is 7.97. The number of fused-ring (bicyclic) bond motifs is 1. The molecule has 2 rings (SSSR count). The maximum atomic E-state index is 12.8. The topological polar surface area (TPSA) is 108 Å². The van der Waals surface area contributed by atoms with Gasteiger partial charge in [-0.2, -0.15) is 8.42 Å². The van der Waals surface area contributed by atoms with Gasteiger partial charge in [-0.3, -0.25) is 9.35 Å². The Bertz CT molecular complexity index is 1020. The summed E-state index contributed by atoms with van der Waals surface area (Å²) in [7, 11) is -3.24. The zero-order chi connectivity index (χ0) is 22.7. The average Bonchev–Trinajstić information content (AvgIpc) is 2.56. The standard InChI is InChI=1S/C18H19F3O8S/c1-10(2)17(26-3)28-14-8-12-6-13(27-16(22)9-30(23,24)25)5-4-11(12)7-15(14)29-18(19,20)21/h4-8,10,17H,9H2,1-3H3,(H,23,24,25). The molecule has 0 amide bonds. The SMILES string of the molecule is COC(Oc1cc2cc(OC(=O)CS(=O)(=O)O)ccc2cc1OC(F)(F)F)C(C)C. The Hall–Kier alpha value is -2.57. The molecule has 2 aromatic rings. The summed E-state index contributed by atoms with van der Waals surface area (Å²) in [4.78, 5) is 11.6. The lowest BCUT2D eigenvalue weighted by molar-refractivity contribution is -0.275. The quantitative estimate of drug-likeness (QED) is 0.280. The molecule has 0 bridgehead atoms. The maximum Gasteiger partial charge on any atom is 0.573 e. The molecule has 0 fully saturated rings. The number of ether oxygens (including phenoxy) is 4. The van der Waals surface area contributed by atoms with Crippen molar-refractivity contribution in [1.29, 1.82) is 0 Å². The molecule has 12 heteroatoms. The first-order valence-electron chi connectivity index (χ1n) is 8.46. The van der Waals surface area contributed by atoms with Crippen molar-refractivity contribution in [3.8, 4) is 17.2 Å². The zero-order valence-corrected chi connectivity index (χ0v) is 16.9. The van der Waals surface area contributed by atoms with Gasteiger partial charge in [0.2, 0.25) is 6.29 Å². The lowest BCUT2D eigenvalue weighted by Gasteiger charge is -2.23. The molecule has 0 saturated heterocycles. The molecule has 30 heavy (non-hydrogen) atoms. The summed E-state index contributed by atoms with van der Waals surface area (Å²) in [6.45, 7) is 3.48. The highest BCUT2D eigenvalue weighted by atomic mass is 32.2. The van der Waals surface area contributed by atoms with Crippen LogP contribution in [-0.2, 0) is 19.6 Å². The summed E-state index contributed by atoms with van der Waals surface area (Å²) in [5, 5.41) is 0.616. The van der Waals surface area contributed by atoms with Gasteiger partial charge in [0.25, 0.3) is 10.1 Å². The van der Waals surface area contributed by atoms with Gasteiger partial charge in [0, 0.05) is 13.0 Å². The minimum Gasteiger partial charge on any atom is -0.461 e. The lowest BCUT2D eigenvalue weighted by Crippen LogP contribution is -2.26. The van der Waals surface area contributed by atoms with E-state index in [0.717, 1.165) is 6.07 Å². The summed E-state index contributed by atoms with van der Waals surface area (Å²) in [5.41, 5.74) is 0. The maximum absolute atomic E-state index is 12.8. The highest BCUT2D eigenvalue weighted by molar-refractivity contribution is 7.86. The van der Waals surface area contributed by atoms with Gasteiger partial charge >= 0.3 is 12.3 Å². The third-order valence-corrected chi connectivity index (χ3v) is 4.25. The van der Waals surface area contributed by atoms with Gasteiger partial charge in [0.05, 0.1) is 0 Å². The first kappa shape index (κ1) is 23.7. The third-order valence-electron chi connectivity index (χ3n) is 3.65. The van der Waals surface area contributed by atoms with E-state index in [1.807, 2.05) is 0 Å². The number of halogens is 3. The number of hydrogen-bond acceptors (Lipinski definition) is 7. The molecule has 0 aliphatic rings. The molecule has 0 radical (unpaired) electrons. The van der Waals surface area contributed by atoms with Crippen molar-refractivity contribution in [3.63, 3.8) is 0 Å². The Balaban J connectivity index is 2.44. The molecule has 1 atom stereocenters. The van der Waals surface area contributed by atoms with Gasteiger partial charge < -0.3 is 18.9 Å². The van der Waals surface area contributed by atoms with E-state index < -0.39 is 40.2 Å². The van der Waals surface area contributed by atoms with Gasteiger partial charge in [-0.25, -0.2) is 0 Å². The summed E-state index contributed by atoms with van der Waals surface area (Å²) in [5.74, 6) is -3.61. The molecule has 0 saturated carbocycles. The Morgan fingerprint density at radius 1 is 1.10 bits per heavy atom. The van der Waals surface area contributed by atoms with Crippen LogP contribution >= 0.6 is 0 Å². The molecule has 1 unspecified atom stereocenters. The Labute approximate surface area is 170 Å². The van der Waals surface area contributed by atoms with Gasteiger partial charge in [0.15, 0.2) is 17.3 Å². The van der Waals surface area contributed by atoms with Crippen LogP contribution < -0.4 is 14.2 Å². The van der Waals surface area contributed by atoms with Crippen LogP contribution in [-0.4, -0.2) is 44.5 Å². The van der Waals surface area contributed by atoms with Crippen molar-refractivity contribution in [1.82, 2.24) is 0 Å². The predicted octanol–water partition coefficient (Wildman–Crippen LogP) is 3.54. The van der Waals surface area contributed by atoms with Crippen LogP contribution in [0, 0.1) is 5.92 Å². The van der Waals surface area contributed by atoms with Crippen LogP contribution in [0.25, 0.3) is 10.8 Å². The van der Waals surface area contributed by atoms with Crippen molar-refractivity contribution in [3.05, 3.63) is 30.3 Å². The van der Waals surface area contributed by atoms with Crippen LogP contribution in [0.2, 0.25) is 0 Å². The molecule has 0 aliphatic carbocycles. The number of esters is 1. The monoisotopic (exact) mass is 452 g/mol. The molecule has 0 aromatic heterocycles. The van der Waals surface area contributed by atoms with E-state index in [4.69, 9.17) is 18.8 Å². The van der Waals surface area contributed by atoms with Crippen molar-refractivity contribution in [2.24, 2.45) is 5.92 Å². The van der Waals surface area contributed by atoms with Gasteiger partial charge in [-0.1, -0.05) is 19.9 Å². The Morgan fingerprint density at radius 3 is 2.27 bits per heavy atom. The molecular weight excluding hydrogens is 433 g/mol. The molecular formula is C18H19F3O8S. The van der Waals surface area contributed by atoms with Crippen molar-refractivity contribution in [2.75, 3.05) is 12.9 Å². The van der Waals surface area contributed by atoms with Crippen LogP contribution in [0.1, 0.15) is 13.8 Å². The third kappa shape index (κ3) is 7.04. The highest BCUT2D eigenvalue weighted by Crippen LogP contribution is 2.38.